The molecule has 3 rings (SSSR count). The first kappa shape index (κ1) is 18.6. The summed E-state index contributed by atoms with van der Waals surface area (Å²) in [6.45, 7) is 2.48. The quantitative estimate of drug-likeness (QED) is 0.662. The molecule has 27 heavy (non-hydrogen) atoms. The molecule has 2 aromatic rings. The van der Waals surface area contributed by atoms with Gasteiger partial charge in [0.15, 0.2) is 0 Å². The van der Waals surface area contributed by atoms with E-state index in [1.807, 2.05) is 30.3 Å². The molecule has 1 atom stereocenters. The topological polar surface area (TPSA) is 92.6 Å². The van der Waals surface area contributed by atoms with Gasteiger partial charge in [0.25, 0.3) is 11.6 Å². The summed E-state index contributed by atoms with van der Waals surface area (Å²) in [7, 11) is 0. The van der Waals surface area contributed by atoms with Gasteiger partial charge in [-0.25, -0.2) is 0 Å². The number of carbonyl (C=O) groups is 2. The molecule has 2 aromatic carbocycles. The fourth-order valence-corrected chi connectivity index (χ4v) is 3.26. The highest BCUT2D eigenvalue weighted by atomic mass is 16.6. The summed E-state index contributed by atoms with van der Waals surface area (Å²) in [6.07, 6.45) is 1.42. The van der Waals surface area contributed by atoms with Gasteiger partial charge in [0.05, 0.1) is 10.8 Å². The Morgan fingerprint density at radius 2 is 1.93 bits per heavy atom. The van der Waals surface area contributed by atoms with E-state index in [1.54, 1.807) is 24.0 Å². The Kier molecular flexibility index (Phi) is 5.49. The molecule has 1 fully saturated rings. The first-order valence-electron chi connectivity index (χ1n) is 8.86. The number of nitrogens with one attached hydrogen (secondary N) is 1. The molecule has 1 unspecified atom stereocenters. The Hall–Kier alpha value is -3.22. The van der Waals surface area contributed by atoms with Crippen molar-refractivity contribution < 1.29 is 14.5 Å². The monoisotopic (exact) mass is 367 g/mol. The van der Waals surface area contributed by atoms with Crippen LogP contribution < -0.4 is 5.32 Å². The molecule has 1 N–H and O–H groups in total. The maximum atomic E-state index is 12.8. The smallest absolute Gasteiger partial charge is 0.273 e. The number of nitro groups is 1. The molecule has 0 aromatic heterocycles. The predicted octanol–water partition coefficient (Wildman–Crippen LogP) is 3.39. The normalized spacial score (nSPS) is 16.6. The van der Waals surface area contributed by atoms with Crippen LogP contribution in [-0.2, 0) is 4.79 Å². The highest BCUT2D eigenvalue weighted by molar-refractivity contribution is 5.96. The zero-order valence-electron chi connectivity index (χ0n) is 15.1. The zero-order valence-corrected chi connectivity index (χ0v) is 15.1. The van der Waals surface area contributed by atoms with Crippen LogP contribution in [0.2, 0.25) is 0 Å². The van der Waals surface area contributed by atoms with E-state index in [0.717, 1.165) is 5.69 Å². The summed E-state index contributed by atoms with van der Waals surface area (Å²) in [5, 5.41) is 14.0. The molecule has 2 amide bonds. The van der Waals surface area contributed by atoms with Crippen LogP contribution in [-0.4, -0.2) is 34.7 Å². The van der Waals surface area contributed by atoms with Crippen LogP contribution >= 0.6 is 0 Å². The number of hydrogen-bond acceptors (Lipinski definition) is 4. The largest absolute Gasteiger partial charge is 0.338 e. The van der Waals surface area contributed by atoms with Crippen molar-refractivity contribution in [2.45, 2.75) is 19.8 Å². The fraction of sp³-hybridized carbons (Fsp3) is 0.300. The number of hydrogen-bond donors (Lipinski definition) is 1. The van der Waals surface area contributed by atoms with Crippen molar-refractivity contribution in [1.82, 2.24) is 4.90 Å². The van der Waals surface area contributed by atoms with Crippen molar-refractivity contribution in [2.24, 2.45) is 5.92 Å². The van der Waals surface area contributed by atoms with E-state index in [2.05, 4.69) is 5.32 Å². The van der Waals surface area contributed by atoms with Crippen LogP contribution in [0.5, 0.6) is 0 Å². The SMILES string of the molecule is Cc1ccc(C(=O)N2CCCC(C(=O)Nc3ccccc3)C2)cc1[N+](=O)[O-]. The van der Waals surface area contributed by atoms with Gasteiger partial charge in [-0.1, -0.05) is 24.3 Å². The first-order chi connectivity index (χ1) is 13.0. The number of nitrogens with zero attached hydrogens (tertiary/aromatic N) is 2. The van der Waals surface area contributed by atoms with Crippen LogP contribution in [0.25, 0.3) is 0 Å². The number of benzene rings is 2. The Morgan fingerprint density at radius 3 is 2.63 bits per heavy atom. The minimum absolute atomic E-state index is 0.0729. The van der Waals surface area contributed by atoms with E-state index in [1.165, 1.54) is 6.07 Å². The third-order valence-electron chi connectivity index (χ3n) is 4.77. The van der Waals surface area contributed by atoms with E-state index in [0.29, 0.717) is 31.5 Å². The molecule has 7 nitrogen and oxygen atoms in total. The molecule has 1 aliphatic heterocycles. The van der Waals surface area contributed by atoms with Gasteiger partial charge in [0.1, 0.15) is 0 Å². The van der Waals surface area contributed by atoms with Gasteiger partial charge >= 0.3 is 0 Å². The zero-order chi connectivity index (χ0) is 19.4. The number of likely N-dealkylation sites (tertiary alicyclic amines) is 1. The van der Waals surface area contributed by atoms with E-state index >= 15 is 0 Å². The number of aryl methyl sites for hydroxylation is 1. The lowest BCUT2D eigenvalue weighted by Crippen LogP contribution is -2.43. The number of rotatable bonds is 4. The number of amides is 2. The van der Waals surface area contributed by atoms with E-state index in [-0.39, 0.29) is 29.0 Å². The lowest BCUT2D eigenvalue weighted by Gasteiger charge is -2.32. The molecule has 0 saturated carbocycles. The molecular formula is C20H21N3O4. The van der Waals surface area contributed by atoms with Crippen molar-refractivity contribution in [3.63, 3.8) is 0 Å². The lowest BCUT2D eigenvalue weighted by molar-refractivity contribution is -0.385. The molecule has 0 bridgehead atoms. The van der Waals surface area contributed by atoms with Crippen molar-refractivity contribution >= 4 is 23.2 Å². The number of anilines is 1. The van der Waals surface area contributed by atoms with Gasteiger partial charge in [-0.2, -0.15) is 0 Å². The molecule has 0 aliphatic carbocycles. The summed E-state index contributed by atoms with van der Waals surface area (Å²) < 4.78 is 0. The van der Waals surface area contributed by atoms with Gasteiger partial charge in [-0.15, -0.1) is 0 Å². The van der Waals surface area contributed by atoms with Crippen molar-refractivity contribution in [3.8, 4) is 0 Å². The first-order valence-corrected chi connectivity index (χ1v) is 8.86. The summed E-state index contributed by atoms with van der Waals surface area (Å²) in [6, 6.07) is 13.7. The third-order valence-corrected chi connectivity index (χ3v) is 4.77. The minimum atomic E-state index is -0.488. The fourth-order valence-electron chi connectivity index (χ4n) is 3.26. The molecule has 0 radical (unpaired) electrons. The second-order valence-corrected chi connectivity index (χ2v) is 6.70. The lowest BCUT2D eigenvalue weighted by atomic mass is 9.96. The van der Waals surface area contributed by atoms with Gasteiger partial charge in [0.2, 0.25) is 5.91 Å². The van der Waals surface area contributed by atoms with Crippen LogP contribution in [0.3, 0.4) is 0 Å². The predicted molar refractivity (Wildman–Crippen MR) is 102 cm³/mol. The van der Waals surface area contributed by atoms with Crippen molar-refractivity contribution in [2.75, 3.05) is 18.4 Å². The third kappa shape index (κ3) is 4.31. The molecule has 1 aliphatic rings. The van der Waals surface area contributed by atoms with Gasteiger partial charge in [0, 0.05) is 36.0 Å². The number of piperidine rings is 1. The minimum Gasteiger partial charge on any atom is -0.338 e. The Morgan fingerprint density at radius 1 is 1.19 bits per heavy atom. The maximum Gasteiger partial charge on any atom is 0.273 e. The van der Waals surface area contributed by atoms with Gasteiger partial charge in [-0.05, 0) is 38.0 Å². The number of carbonyl (C=O) groups excluding carboxylic acids is 2. The van der Waals surface area contributed by atoms with Crippen LogP contribution in [0.4, 0.5) is 11.4 Å². The number of para-hydroxylation sites is 1. The van der Waals surface area contributed by atoms with Crippen LogP contribution in [0.15, 0.2) is 48.5 Å². The van der Waals surface area contributed by atoms with Gasteiger partial charge in [-0.3, -0.25) is 19.7 Å². The maximum absolute atomic E-state index is 12.8. The Balaban J connectivity index is 1.70. The molecular weight excluding hydrogens is 346 g/mol. The molecule has 140 valence electrons. The summed E-state index contributed by atoms with van der Waals surface area (Å²) in [5.74, 6) is -0.702. The molecule has 1 heterocycles. The van der Waals surface area contributed by atoms with E-state index < -0.39 is 4.92 Å². The molecule has 1 saturated heterocycles. The average molecular weight is 367 g/mol. The molecule has 0 spiro atoms. The summed E-state index contributed by atoms with van der Waals surface area (Å²) >= 11 is 0. The Labute approximate surface area is 157 Å². The highest BCUT2D eigenvalue weighted by Gasteiger charge is 2.29. The second kappa shape index (κ2) is 7.99. The highest BCUT2D eigenvalue weighted by Crippen LogP contribution is 2.24. The van der Waals surface area contributed by atoms with Gasteiger partial charge < -0.3 is 10.2 Å². The van der Waals surface area contributed by atoms with Crippen LogP contribution in [0.1, 0.15) is 28.8 Å². The number of nitro benzene ring substituents is 1. The van der Waals surface area contributed by atoms with Crippen molar-refractivity contribution in [1.29, 1.82) is 0 Å². The van der Waals surface area contributed by atoms with E-state index in [9.17, 15) is 19.7 Å². The second-order valence-electron chi connectivity index (χ2n) is 6.70. The van der Waals surface area contributed by atoms with E-state index in [4.69, 9.17) is 0 Å². The summed E-state index contributed by atoms with van der Waals surface area (Å²) in [5.41, 5.74) is 1.43. The standard InChI is InChI=1S/C20H21N3O4/c1-14-9-10-15(12-18(14)23(26)27)20(25)22-11-5-6-16(13-22)19(24)21-17-7-3-2-4-8-17/h2-4,7-10,12,16H,5-6,11,13H2,1H3,(H,21,24). The Bertz CT molecular complexity index is 867. The molecule has 7 heteroatoms. The average Bonchev–Trinajstić information content (AvgIpc) is 2.68. The van der Waals surface area contributed by atoms with Crippen LogP contribution in [0, 0.1) is 23.0 Å². The summed E-state index contributed by atoms with van der Waals surface area (Å²) in [4.78, 5) is 37.5. The van der Waals surface area contributed by atoms with Crippen molar-refractivity contribution in [3.05, 3.63) is 69.8 Å².